The predicted molar refractivity (Wildman–Crippen MR) is 177 cm³/mol. The number of para-hydroxylation sites is 2. The van der Waals surface area contributed by atoms with Gasteiger partial charge in [-0.25, -0.2) is 0 Å². The van der Waals surface area contributed by atoms with Crippen LogP contribution in [0.3, 0.4) is 0 Å². The van der Waals surface area contributed by atoms with E-state index in [-0.39, 0.29) is 12.0 Å². The van der Waals surface area contributed by atoms with E-state index in [0.29, 0.717) is 18.7 Å². The van der Waals surface area contributed by atoms with Crippen molar-refractivity contribution < 1.29 is 22.7 Å². The zero-order chi connectivity index (χ0) is 32.3. The van der Waals surface area contributed by atoms with Gasteiger partial charge in [0.05, 0.1) is 17.4 Å². The van der Waals surface area contributed by atoms with E-state index < -0.39 is 11.7 Å². The maximum Gasteiger partial charge on any atom is 0.416 e. The molecule has 2 aliphatic rings. The van der Waals surface area contributed by atoms with Crippen LogP contribution >= 0.6 is 0 Å². The topological polar surface area (TPSA) is 48.1 Å². The van der Waals surface area contributed by atoms with Crippen LogP contribution in [-0.4, -0.2) is 49.6 Å². The van der Waals surface area contributed by atoms with E-state index in [2.05, 4.69) is 33.3 Å². The van der Waals surface area contributed by atoms with Crippen LogP contribution in [0.2, 0.25) is 0 Å². The van der Waals surface area contributed by atoms with Crippen LogP contribution in [-0.2, 0) is 25.7 Å². The molecule has 1 fully saturated rings. The van der Waals surface area contributed by atoms with Gasteiger partial charge in [-0.05, 0) is 91.6 Å². The lowest BCUT2D eigenvalue weighted by Gasteiger charge is -2.37. The smallest absolute Gasteiger partial charge is 0.416 e. The molecule has 0 aromatic heterocycles. The molecule has 0 radical (unpaired) electrons. The standard InChI is InChI=1S/C37H39F3N4O2/c1-26(2)46-35-9-4-3-8-34(35)43-20-18-42(19-21-43)25-28-6-5-7-30(22-28)36(45)44-17-16-29-23-32(14-15-33(29)44)41-24-27-10-12-31(13-11-27)37(38,39)40/h3-15,22-23,26,41H,16-21,24-25H2,1-2H3. The minimum absolute atomic E-state index is 0.0161. The number of alkyl halides is 3. The third kappa shape index (κ3) is 7.31. The van der Waals surface area contributed by atoms with E-state index in [9.17, 15) is 18.0 Å². The zero-order valence-corrected chi connectivity index (χ0v) is 26.2. The first-order valence-electron chi connectivity index (χ1n) is 15.8. The van der Waals surface area contributed by atoms with Crippen LogP contribution < -0.4 is 19.9 Å². The highest BCUT2D eigenvalue weighted by Gasteiger charge is 2.30. The van der Waals surface area contributed by atoms with Crippen LogP contribution in [0.1, 0.15) is 46.5 Å². The highest BCUT2D eigenvalue weighted by atomic mass is 19.4. The monoisotopic (exact) mass is 628 g/mol. The first kappa shape index (κ1) is 31.5. The molecule has 1 N–H and O–H groups in total. The molecular weight excluding hydrogens is 589 g/mol. The number of nitrogens with zero attached hydrogens (tertiary/aromatic N) is 3. The summed E-state index contributed by atoms with van der Waals surface area (Å²) >= 11 is 0. The molecule has 2 aliphatic heterocycles. The minimum Gasteiger partial charge on any atom is -0.489 e. The van der Waals surface area contributed by atoms with Gasteiger partial charge in [-0.15, -0.1) is 0 Å². The Kier molecular flexibility index (Phi) is 9.22. The Morgan fingerprint density at radius 2 is 1.59 bits per heavy atom. The fourth-order valence-corrected chi connectivity index (χ4v) is 6.17. The number of piperazine rings is 1. The molecule has 0 saturated carbocycles. The van der Waals surface area contributed by atoms with E-state index in [1.54, 1.807) is 0 Å². The molecule has 0 aliphatic carbocycles. The van der Waals surface area contributed by atoms with Crippen LogP contribution in [0.4, 0.5) is 30.2 Å². The molecule has 46 heavy (non-hydrogen) atoms. The summed E-state index contributed by atoms with van der Waals surface area (Å²) in [5.41, 5.74) is 5.86. The maximum absolute atomic E-state index is 13.7. The predicted octanol–water partition coefficient (Wildman–Crippen LogP) is 7.63. The van der Waals surface area contributed by atoms with Crippen molar-refractivity contribution in [2.24, 2.45) is 0 Å². The Morgan fingerprint density at radius 1 is 0.826 bits per heavy atom. The van der Waals surface area contributed by atoms with Crippen molar-refractivity contribution in [1.82, 2.24) is 4.90 Å². The maximum atomic E-state index is 13.7. The van der Waals surface area contributed by atoms with Gasteiger partial charge in [0.2, 0.25) is 0 Å². The number of carbonyl (C=O) groups excluding carboxylic acids is 1. The number of ether oxygens (including phenoxy) is 1. The van der Waals surface area contributed by atoms with Gasteiger partial charge in [-0.1, -0.05) is 36.4 Å². The van der Waals surface area contributed by atoms with Gasteiger partial charge in [0.15, 0.2) is 0 Å². The van der Waals surface area contributed by atoms with Crippen LogP contribution in [0, 0.1) is 0 Å². The molecule has 4 aromatic rings. The van der Waals surface area contributed by atoms with E-state index in [1.807, 2.05) is 67.3 Å². The van der Waals surface area contributed by atoms with Crippen molar-refractivity contribution >= 4 is 23.0 Å². The van der Waals surface area contributed by atoms with Gasteiger partial charge in [-0.2, -0.15) is 13.2 Å². The second-order valence-corrected chi connectivity index (χ2v) is 12.2. The average Bonchev–Trinajstić information content (AvgIpc) is 3.47. The van der Waals surface area contributed by atoms with Crippen molar-refractivity contribution in [2.45, 2.75) is 45.6 Å². The highest BCUT2D eigenvalue weighted by Crippen LogP contribution is 2.33. The first-order chi connectivity index (χ1) is 22.1. The Balaban J connectivity index is 1.04. The van der Waals surface area contributed by atoms with Crippen molar-refractivity contribution in [1.29, 1.82) is 0 Å². The lowest BCUT2D eigenvalue weighted by molar-refractivity contribution is -0.137. The number of hydrogen-bond acceptors (Lipinski definition) is 5. The quantitative estimate of drug-likeness (QED) is 0.207. The molecular formula is C37H39F3N4O2. The number of nitrogens with one attached hydrogen (secondary N) is 1. The van der Waals surface area contributed by atoms with Gasteiger partial charge < -0.3 is 19.9 Å². The zero-order valence-electron chi connectivity index (χ0n) is 26.2. The summed E-state index contributed by atoms with van der Waals surface area (Å²) in [6.07, 6.45) is -3.48. The van der Waals surface area contributed by atoms with Crippen molar-refractivity contribution in [2.75, 3.05) is 47.8 Å². The van der Waals surface area contributed by atoms with Crippen LogP contribution in [0.5, 0.6) is 5.75 Å². The molecule has 2 heterocycles. The Hall–Kier alpha value is -4.50. The van der Waals surface area contributed by atoms with E-state index in [1.165, 1.54) is 12.1 Å². The lowest BCUT2D eigenvalue weighted by atomic mass is 10.1. The Bertz CT molecular complexity index is 1660. The molecule has 4 aromatic carbocycles. The van der Waals surface area contributed by atoms with Crippen LogP contribution in [0.15, 0.2) is 91.0 Å². The summed E-state index contributed by atoms with van der Waals surface area (Å²) < 4.78 is 44.6. The molecule has 1 amide bonds. The molecule has 6 nitrogen and oxygen atoms in total. The molecule has 6 rings (SSSR count). The van der Waals surface area contributed by atoms with Gasteiger partial charge >= 0.3 is 6.18 Å². The third-order valence-electron chi connectivity index (χ3n) is 8.52. The average molecular weight is 629 g/mol. The molecule has 9 heteroatoms. The number of fused-ring (bicyclic) bond motifs is 1. The van der Waals surface area contributed by atoms with E-state index >= 15 is 0 Å². The van der Waals surface area contributed by atoms with Crippen molar-refractivity contribution in [3.63, 3.8) is 0 Å². The molecule has 0 spiro atoms. The summed E-state index contributed by atoms with van der Waals surface area (Å²) in [6, 6.07) is 27.2. The molecule has 0 unspecified atom stereocenters. The fraction of sp³-hybridized carbons (Fsp3) is 0.324. The first-order valence-corrected chi connectivity index (χ1v) is 15.8. The van der Waals surface area contributed by atoms with E-state index in [0.717, 1.165) is 90.8 Å². The summed E-state index contributed by atoms with van der Waals surface area (Å²) in [7, 11) is 0. The minimum atomic E-state index is -4.34. The summed E-state index contributed by atoms with van der Waals surface area (Å²) in [5.74, 6) is 0.906. The second-order valence-electron chi connectivity index (χ2n) is 12.2. The van der Waals surface area contributed by atoms with Crippen LogP contribution in [0.25, 0.3) is 0 Å². The van der Waals surface area contributed by atoms with Gasteiger partial charge in [0.1, 0.15) is 5.75 Å². The van der Waals surface area contributed by atoms with Gasteiger partial charge in [0, 0.05) is 62.8 Å². The Labute approximate surface area is 268 Å². The Morgan fingerprint density at radius 3 is 2.33 bits per heavy atom. The highest BCUT2D eigenvalue weighted by molar-refractivity contribution is 6.07. The number of rotatable bonds is 9. The summed E-state index contributed by atoms with van der Waals surface area (Å²) in [5, 5.41) is 3.29. The number of carbonyl (C=O) groups is 1. The SMILES string of the molecule is CC(C)Oc1ccccc1N1CCN(Cc2cccc(C(=O)N3CCc4cc(NCc5ccc(C(F)(F)F)cc5)ccc43)c2)CC1. The normalized spacial score (nSPS) is 15.3. The number of hydrogen-bond donors (Lipinski definition) is 1. The fourth-order valence-electron chi connectivity index (χ4n) is 6.17. The molecule has 0 bridgehead atoms. The second kappa shape index (κ2) is 13.5. The summed E-state index contributed by atoms with van der Waals surface area (Å²) in [6.45, 7) is 9.53. The number of benzene rings is 4. The van der Waals surface area contributed by atoms with Crippen molar-refractivity contribution in [3.8, 4) is 5.75 Å². The third-order valence-corrected chi connectivity index (χ3v) is 8.52. The largest absolute Gasteiger partial charge is 0.489 e. The van der Waals surface area contributed by atoms with E-state index in [4.69, 9.17) is 4.74 Å². The lowest BCUT2D eigenvalue weighted by Crippen LogP contribution is -2.46. The number of amides is 1. The number of halogens is 3. The molecule has 1 saturated heterocycles. The van der Waals surface area contributed by atoms with Crippen molar-refractivity contribution in [3.05, 3.63) is 119 Å². The summed E-state index contributed by atoms with van der Waals surface area (Å²) in [4.78, 5) is 20.3. The molecule has 0 atom stereocenters. The van der Waals surface area contributed by atoms with Gasteiger partial charge in [-0.3, -0.25) is 9.69 Å². The van der Waals surface area contributed by atoms with Gasteiger partial charge in [0.25, 0.3) is 5.91 Å². The number of anilines is 3. The molecule has 240 valence electrons.